The number of benzene rings is 1. The van der Waals surface area contributed by atoms with Crippen LogP contribution < -0.4 is 9.47 Å². The van der Waals surface area contributed by atoms with Crippen LogP contribution in [0.5, 0.6) is 11.5 Å². The summed E-state index contributed by atoms with van der Waals surface area (Å²) in [5.74, 6) is 1.36. The van der Waals surface area contributed by atoms with Crippen molar-refractivity contribution in [2.24, 2.45) is 5.92 Å². The maximum absolute atomic E-state index is 12.1. The van der Waals surface area contributed by atoms with Crippen LogP contribution in [0.2, 0.25) is 0 Å². The molecule has 0 amide bonds. The number of hydrogen-bond acceptors (Lipinski definition) is 6. The Kier molecular flexibility index (Phi) is 6.48. The van der Waals surface area contributed by atoms with Crippen molar-refractivity contribution in [2.75, 3.05) is 21.3 Å². The Morgan fingerprint density at radius 2 is 2.00 bits per heavy atom. The average molecular weight is 402 g/mol. The molecular formula is C17H24BrNO5. The zero-order chi connectivity index (χ0) is 17.9. The quantitative estimate of drug-likeness (QED) is 0.538. The molecule has 0 saturated carbocycles. The molecule has 1 fully saturated rings. The van der Waals surface area contributed by atoms with Gasteiger partial charge in [-0.1, -0.05) is 13.8 Å². The van der Waals surface area contributed by atoms with Crippen LogP contribution in [0.4, 0.5) is 0 Å². The topological polar surface area (TPSA) is 57.2 Å². The predicted molar refractivity (Wildman–Crippen MR) is 93.2 cm³/mol. The van der Waals surface area contributed by atoms with Crippen molar-refractivity contribution >= 4 is 22.1 Å². The van der Waals surface area contributed by atoms with Crippen LogP contribution in [0.1, 0.15) is 32.1 Å². The predicted octanol–water partition coefficient (Wildman–Crippen LogP) is 3.30. The van der Waals surface area contributed by atoms with Gasteiger partial charge in [-0.2, -0.15) is 0 Å². The van der Waals surface area contributed by atoms with Crippen molar-refractivity contribution in [2.45, 2.75) is 38.6 Å². The second-order valence-corrected chi connectivity index (χ2v) is 6.90. The van der Waals surface area contributed by atoms with Gasteiger partial charge in [-0.3, -0.25) is 0 Å². The number of halogens is 1. The molecule has 0 N–H and O–H groups in total. The van der Waals surface area contributed by atoms with E-state index >= 15 is 0 Å². The van der Waals surface area contributed by atoms with Gasteiger partial charge in [0.15, 0.2) is 12.3 Å². The molecule has 0 radical (unpaired) electrons. The summed E-state index contributed by atoms with van der Waals surface area (Å²) in [7, 11) is 4.57. The van der Waals surface area contributed by atoms with Gasteiger partial charge in [0.05, 0.1) is 27.4 Å². The average Bonchev–Trinajstić information content (AvgIpc) is 2.89. The monoisotopic (exact) mass is 401 g/mol. The number of nitrogens with zero attached hydrogens (tertiary/aromatic N) is 1. The lowest BCUT2D eigenvalue weighted by Gasteiger charge is -2.24. The van der Waals surface area contributed by atoms with E-state index in [1.807, 2.05) is 16.1 Å². The molecule has 1 saturated heterocycles. The van der Waals surface area contributed by atoms with Crippen molar-refractivity contribution in [3.8, 4) is 11.5 Å². The molecule has 0 aromatic heterocycles. The molecule has 0 spiro atoms. The van der Waals surface area contributed by atoms with Gasteiger partial charge in [0.1, 0.15) is 11.5 Å². The second kappa shape index (κ2) is 8.18. The number of methoxy groups -OCH3 is 3. The van der Waals surface area contributed by atoms with E-state index in [-0.39, 0.29) is 12.0 Å². The molecule has 1 aliphatic rings. The molecule has 1 aromatic rings. The molecule has 1 heterocycles. The summed E-state index contributed by atoms with van der Waals surface area (Å²) in [5, 5.41) is 0. The third-order valence-corrected chi connectivity index (χ3v) is 4.92. The lowest BCUT2D eigenvalue weighted by molar-refractivity contribution is -0.154. The fourth-order valence-corrected chi connectivity index (χ4v) is 3.55. The third-order valence-electron chi connectivity index (χ3n) is 4.02. The minimum atomic E-state index is -0.659. The van der Waals surface area contributed by atoms with E-state index in [2.05, 4.69) is 30.0 Å². The number of esters is 1. The van der Waals surface area contributed by atoms with Gasteiger partial charge < -0.3 is 18.9 Å². The molecule has 1 aliphatic heterocycles. The Morgan fingerprint density at radius 3 is 2.54 bits per heavy atom. The van der Waals surface area contributed by atoms with E-state index in [4.69, 9.17) is 18.9 Å². The van der Waals surface area contributed by atoms with Crippen molar-refractivity contribution in [1.82, 2.24) is 3.93 Å². The van der Waals surface area contributed by atoms with Gasteiger partial charge in [-0.25, -0.2) is 8.72 Å². The molecule has 0 aliphatic carbocycles. The Balaban J connectivity index is 2.35. The van der Waals surface area contributed by atoms with Crippen LogP contribution in [-0.4, -0.2) is 43.4 Å². The van der Waals surface area contributed by atoms with Crippen LogP contribution in [-0.2, 0) is 14.3 Å². The Morgan fingerprint density at radius 1 is 1.29 bits per heavy atom. The highest BCUT2D eigenvalue weighted by atomic mass is 79.9. The van der Waals surface area contributed by atoms with Gasteiger partial charge in [0, 0.05) is 27.8 Å². The number of carbonyl (C=O) groups is 1. The van der Waals surface area contributed by atoms with E-state index in [9.17, 15) is 4.79 Å². The Labute approximate surface area is 151 Å². The first-order valence-corrected chi connectivity index (χ1v) is 8.53. The lowest BCUT2D eigenvalue weighted by atomic mass is 10.00. The molecular weight excluding hydrogens is 378 g/mol. The van der Waals surface area contributed by atoms with Gasteiger partial charge >= 0.3 is 5.97 Å². The summed E-state index contributed by atoms with van der Waals surface area (Å²) >= 11 is 3.59. The highest BCUT2D eigenvalue weighted by molar-refractivity contribution is 9.07. The molecule has 3 unspecified atom stereocenters. The highest BCUT2D eigenvalue weighted by Crippen LogP contribution is 2.43. The summed E-state index contributed by atoms with van der Waals surface area (Å²) in [4.78, 5) is 12.1. The number of carbonyl (C=O) groups excluding carboxylic acids is 1. The number of hydrogen-bond donors (Lipinski definition) is 0. The SMILES string of the molecule is COC(=O)C1OC(c2ccc(OC)cc2OC)N(Br)C1CC(C)C. The molecule has 6 nitrogen and oxygen atoms in total. The Bertz CT molecular complexity index is 580. The first-order valence-electron chi connectivity index (χ1n) is 7.82. The van der Waals surface area contributed by atoms with Gasteiger partial charge in [0.25, 0.3) is 0 Å². The Hall–Kier alpha value is -1.31. The summed E-state index contributed by atoms with van der Waals surface area (Å²) in [6.45, 7) is 4.22. The van der Waals surface area contributed by atoms with E-state index in [0.29, 0.717) is 17.4 Å². The lowest BCUT2D eigenvalue weighted by Crippen LogP contribution is -2.37. The summed E-state index contributed by atoms with van der Waals surface area (Å²) < 4.78 is 23.5. The minimum Gasteiger partial charge on any atom is -0.497 e. The van der Waals surface area contributed by atoms with Crippen LogP contribution >= 0.6 is 16.1 Å². The third kappa shape index (κ3) is 3.84. The van der Waals surface area contributed by atoms with Crippen molar-refractivity contribution in [3.05, 3.63) is 23.8 Å². The first kappa shape index (κ1) is 19.0. The van der Waals surface area contributed by atoms with Crippen LogP contribution in [0.15, 0.2) is 18.2 Å². The fourth-order valence-electron chi connectivity index (χ4n) is 2.86. The van der Waals surface area contributed by atoms with Crippen molar-refractivity contribution in [3.63, 3.8) is 0 Å². The van der Waals surface area contributed by atoms with Crippen molar-refractivity contribution < 1.29 is 23.7 Å². The molecule has 3 atom stereocenters. The fraction of sp³-hybridized carbons (Fsp3) is 0.588. The van der Waals surface area contributed by atoms with Crippen LogP contribution in [0.25, 0.3) is 0 Å². The van der Waals surface area contributed by atoms with Gasteiger partial charge in [-0.15, -0.1) is 0 Å². The minimum absolute atomic E-state index is 0.130. The molecule has 0 bridgehead atoms. The highest BCUT2D eigenvalue weighted by Gasteiger charge is 2.47. The summed E-state index contributed by atoms with van der Waals surface area (Å²) in [5.41, 5.74) is 0.815. The van der Waals surface area contributed by atoms with Gasteiger partial charge in [0.2, 0.25) is 0 Å². The van der Waals surface area contributed by atoms with Gasteiger partial charge in [-0.05, 0) is 24.5 Å². The summed E-state index contributed by atoms with van der Waals surface area (Å²) in [6.07, 6.45) is -0.327. The molecule has 7 heteroatoms. The standard InChI is InChI=1S/C17H24BrNO5/c1-10(2)8-13-15(17(20)23-5)24-16(19(13)18)12-7-6-11(21-3)9-14(12)22-4/h6-7,9-10,13,15-16H,8H2,1-5H3. The largest absolute Gasteiger partial charge is 0.497 e. The second-order valence-electron chi connectivity index (χ2n) is 6.08. The van der Waals surface area contributed by atoms with E-state index in [1.165, 1.54) is 7.11 Å². The van der Waals surface area contributed by atoms with Crippen molar-refractivity contribution in [1.29, 1.82) is 0 Å². The molecule has 134 valence electrons. The molecule has 1 aromatic carbocycles. The zero-order valence-electron chi connectivity index (χ0n) is 14.6. The maximum Gasteiger partial charge on any atom is 0.336 e. The first-order chi connectivity index (χ1) is 11.4. The van der Waals surface area contributed by atoms with E-state index in [1.54, 1.807) is 20.3 Å². The number of rotatable bonds is 6. The smallest absolute Gasteiger partial charge is 0.336 e. The zero-order valence-corrected chi connectivity index (χ0v) is 16.2. The van der Waals surface area contributed by atoms with Crippen LogP contribution in [0, 0.1) is 5.92 Å². The summed E-state index contributed by atoms with van der Waals surface area (Å²) in [6, 6.07) is 5.38. The number of ether oxygens (including phenoxy) is 4. The van der Waals surface area contributed by atoms with E-state index < -0.39 is 12.3 Å². The molecule has 2 rings (SSSR count). The normalized spacial score (nSPS) is 24.2. The molecule has 24 heavy (non-hydrogen) atoms. The van der Waals surface area contributed by atoms with E-state index in [0.717, 1.165) is 12.0 Å². The van der Waals surface area contributed by atoms with Crippen LogP contribution in [0.3, 0.4) is 0 Å². The maximum atomic E-state index is 12.1.